The molecular formula is C14H14N2O4S. The molecule has 0 saturated carbocycles. The van der Waals surface area contributed by atoms with E-state index in [0.29, 0.717) is 21.5 Å². The molecule has 2 rings (SSSR count). The largest absolute Gasteiger partial charge is 0.465 e. The number of thiazole rings is 1. The molecule has 7 heteroatoms. The first-order chi connectivity index (χ1) is 9.99. The van der Waals surface area contributed by atoms with Crippen LogP contribution >= 0.6 is 11.3 Å². The van der Waals surface area contributed by atoms with Crippen LogP contribution in [0.15, 0.2) is 22.6 Å². The zero-order valence-electron chi connectivity index (χ0n) is 11.8. The molecule has 0 saturated heterocycles. The number of methoxy groups -OCH3 is 1. The van der Waals surface area contributed by atoms with Gasteiger partial charge in [0, 0.05) is 6.08 Å². The molecule has 0 unspecified atom stereocenters. The van der Waals surface area contributed by atoms with Crippen molar-refractivity contribution in [2.75, 3.05) is 12.4 Å². The summed E-state index contributed by atoms with van der Waals surface area (Å²) in [5.41, 5.74) is 0.521. The van der Waals surface area contributed by atoms with Crippen molar-refractivity contribution in [3.05, 3.63) is 40.3 Å². The number of rotatable bonds is 4. The van der Waals surface area contributed by atoms with Gasteiger partial charge in [-0.25, -0.2) is 9.78 Å². The third-order valence-corrected chi connectivity index (χ3v) is 3.61. The van der Waals surface area contributed by atoms with Crippen LogP contribution in [-0.4, -0.2) is 24.0 Å². The normalized spacial score (nSPS) is 10.8. The number of carbonyl (C=O) groups is 2. The second kappa shape index (κ2) is 6.36. The maximum Gasteiger partial charge on any atom is 0.350 e. The molecule has 0 bridgehead atoms. The Labute approximate surface area is 125 Å². The molecule has 0 aliphatic heterocycles. The highest BCUT2D eigenvalue weighted by molar-refractivity contribution is 7.17. The predicted molar refractivity (Wildman–Crippen MR) is 79.3 cm³/mol. The lowest BCUT2D eigenvalue weighted by Crippen LogP contribution is -2.07. The van der Waals surface area contributed by atoms with Gasteiger partial charge in [0.2, 0.25) is 5.91 Å². The number of amides is 1. The highest BCUT2D eigenvalue weighted by Crippen LogP contribution is 2.23. The van der Waals surface area contributed by atoms with Crippen LogP contribution in [0.2, 0.25) is 0 Å². The van der Waals surface area contributed by atoms with E-state index in [9.17, 15) is 9.59 Å². The fraction of sp³-hybridized carbons (Fsp3) is 0.214. The van der Waals surface area contributed by atoms with Gasteiger partial charge in [0.1, 0.15) is 16.4 Å². The third-order valence-electron chi connectivity index (χ3n) is 2.56. The van der Waals surface area contributed by atoms with Crippen LogP contribution in [0.3, 0.4) is 0 Å². The Morgan fingerprint density at radius 1 is 1.38 bits per heavy atom. The Balaban J connectivity index is 2.03. The van der Waals surface area contributed by atoms with Crippen molar-refractivity contribution < 1.29 is 18.7 Å². The first kappa shape index (κ1) is 15.0. The van der Waals surface area contributed by atoms with E-state index in [-0.39, 0.29) is 5.91 Å². The van der Waals surface area contributed by atoms with Gasteiger partial charge in [-0.3, -0.25) is 10.1 Å². The summed E-state index contributed by atoms with van der Waals surface area (Å²) in [4.78, 5) is 27.7. The average molecular weight is 306 g/mol. The first-order valence-electron chi connectivity index (χ1n) is 6.11. The van der Waals surface area contributed by atoms with Crippen molar-refractivity contribution in [2.45, 2.75) is 13.8 Å². The van der Waals surface area contributed by atoms with E-state index in [0.717, 1.165) is 17.1 Å². The van der Waals surface area contributed by atoms with Gasteiger partial charge >= 0.3 is 5.97 Å². The van der Waals surface area contributed by atoms with Crippen molar-refractivity contribution >= 4 is 34.4 Å². The average Bonchev–Trinajstić information content (AvgIpc) is 3.02. The van der Waals surface area contributed by atoms with Gasteiger partial charge in [-0.05, 0) is 32.1 Å². The summed E-state index contributed by atoms with van der Waals surface area (Å²) in [7, 11) is 1.30. The molecule has 110 valence electrons. The van der Waals surface area contributed by atoms with Crippen LogP contribution in [0.5, 0.6) is 0 Å². The fourth-order valence-electron chi connectivity index (χ4n) is 1.58. The van der Waals surface area contributed by atoms with Crippen LogP contribution in [0.4, 0.5) is 5.13 Å². The topological polar surface area (TPSA) is 81.4 Å². The number of hydrogen-bond donors (Lipinski definition) is 1. The molecule has 21 heavy (non-hydrogen) atoms. The number of anilines is 1. The third kappa shape index (κ3) is 3.79. The molecule has 0 aliphatic carbocycles. The number of esters is 1. The summed E-state index contributed by atoms with van der Waals surface area (Å²) in [5.74, 6) is 0.544. The van der Waals surface area contributed by atoms with Crippen molar-refractivity contribution in [3.63, 3.8) is 0 Å². The van der Waals surface area contributed by atoms with Crippen molar-refractivity contribution in [1.29, 1.82) is 0 Å². The van der Waals surface area contributed by atoms with E-state index in [4.69, 9.17) is 4.42 Å². The molecule has 0 radical (unpaired) electrons. The SMILES string of the molecule is COC(=O)c1sc(NC(=O)/C=C/c2ccc(C)o2)nc1C. The molecule has 1 amide bonds. The van der Waals surface area contributed by atoms with Crippen LogP contribution in [0.1, 0.15) is 26.9 Å². The van der Waals surface area contributed by atoms with E-state index in [1.807, 2.05) is 13.0 Å². The highest BCUT2D eigenvalue weighted by atomic mass is 32.1. The van der Waals surface area contributed by atoms with Gasteiger partial charge in [0.05, 0.1) is 12.8 Å². The summed E-state index contributed by atoms with van der Waals surface area (Å²) in [6, 6.07) is 3.58. The van der Waals surface area contributed by atoms with Crippen LogP contribution < -0.4 is 5.32 Å². The zero-order chi connectivity index (χ0) is 15.4. The minimum Gasteiger partial charge on any atom is -0.465 e. The summed E-state index contributed by atoms with van der Waals surface area (Å²) in [6.07, 6.45) is 2.90. The molecule has 1 N–H and O–H groups in total. The Morgan fingerprint density at radius 2 is 2.14 bits per heavy atom. The number of aryl methyl sites for hydroxylation is 2. The van der Waals surface area contributed by atoms with E-state index < -0.39 is 5.97 Å². The number of hydrogen-bond acceptors (Lipinski definition) is 6. The number of aromatic nitrogens is 1. The minimum absolute atomic E-state index is 0.346. The summed E-state index contributed by atoms with van der Waals surface area (Å²) < 4.78 is 9.95. The number of nitrogens with zero attached hydrogens (tertiary/aromatic N) is 1. The van der Waals surface area contributed by atoms with Crippen molar-refractivity contribution in [3.8, 4) is 0 Å². The summed E-state index contributed by atoms with van der Waals surface area (Å²) >= 11 is 1.07. The molecule has 2 aromatic rings. The highest BCUT2D eigenvalue weighted by Gasteiger charge is 2.16. The van der Waals surface area contributed by atoms with Crippen LogP contribution in [0.25, 0.3) is 6.08 Å². The van der Waals surface area contributed by atoms with Gasteiger partial charge < -0.3 is 9.15 Å². The second-order valence-corrected chi connectivity index (χ2v) is 5.20. The molecule has 0 fully saturated rings. The lowest BCUT2D eigenvalue weighted by Gasteiger charge is -1.95. The van der Waals surface area contributed by atoms with E-state index in [2.05, 4.69) is 15.0 Å². The molecule has 0 aromatic carbocycles. The van der Waals surface area contributed by atoms with Crippen LogP contribution in [0, 0.1) is 13.8 Å². The van der Waals surface area contributed by atoms with Crippen molar-refractivity contribution in [2.24, 2.45) is 0 Å². The molecular weight excluding hydrogens is 292 g/mol. The smallest absolute Gasteiger partial charge is 0.350 e. The number of carbonyl (C=O) groups excluding carboxylic acids is 2. The predicted octanol–water partition coefficient (Wildman–Crippen LogP) is 2.79. The molecule has 0 atom stereocenters. The fourth-order valence-corrected chi connectivity index (χ4v) is 2.47. The van der Waals surface area contributed by atoms with Gasteiger partial charge in [0.15, 0.2) is 5.13 Å². The zero-order valence-corrected chi connectivity index (χ0v) is 12.6. The standard InChI is InChI=1S/C14H14N2O4S/c1-8-4-5-10(20-8)6-7-11(17)16-14-15-9(2)12(21-14)13(18)19-3/h4-7H,1-3H3,(H,15,16,17)/b7-6+. The number of nitrogens with one attached hydrogen (secondary N) is 1. The first-order valence-corrected chi connectivity index (χ1v) is 6.92. The Morgan fingerprint density at radius 3 is 2.76 bits per heavy atom. The Bertz CT molecular complexity index is 700. The molecule has 0 aliphatic rings. The summed E-state index contributed by atoms with van der Waals surface area (Å²) in [5, 5.41) is 2.94. The maximum absolute atomic E-state index is 11.8. The minimum atomic E-state index is -0.466. The summed E-state index contributed by atoms with van der Waals surface area (Å²) in [6.45, 7) is 3.50. The van der Waals surface area contributed by atoms with Gasteiger partial charge in [-0.1, -0.05) is 11.3 Å². The molecule has 2 aromatic heterocycles. The van der Waals surface area contributed by atoms with Crippen molar-refractivity contribution in [1.82, 2.24) is 4.98 Å². The van der Waals surface area contributed by atoms with E-state index in [1.165, 1.54) is 13.2 Å². The second-order valence-electron chi connectivity index (χ2n) is 4.20. The Kier molecular flexibility index (Phi) is 4.54. The maximum atomic E-state index is 11.8. The van der Waals surface area contributed by atoms with Gasteiger partial charge in [0.25, 0.3) is 0 Å². The number of ether oxygens (including phenoxy) is 1. The molecule has 6 nitrogen and oxygen atoms in total. The molecule has 0 spiro atoms. The quantitative estimate of drug-likeness (QED) is 0.694. The van der Waals surface area contributed by atoms with E-state index in [1.54, 1.807) is 19.1 Å². The van der Waals surface area contributed by atoms with Gasteiger partial charge in [-0.2, -0.15) is 0 Å². The Hall–Kier alpha value is -2.41. The number of furan rings is 1. The molecule has 2 heterocycles. The lowest BCUT2D eigenvalue weighted by molar-refractivity contribution is -0.111. The van der Waals surface area contributed by atoms with Gasteiger partial charge in [-0.15, -0.1) is 0 Å². The van der Waals surface area contributed by atoms with E-state index >= 15 is 0 Å². The monoisotopic (exact) mass is 306 g/mol. The lowest BCUT2D eigenvalue weighted by atomic mass is 10.4. The van der Waals surface area contributed by atoms with Crippen LogP contribution in [-0.2, 0) is 9.53 Å².